The van der Waals surface area contributed by atoms with Gasteiger partial charge in [0, 0.05) is 22.8 Å². The fourth-order valence-corrected chi connectivity index (χ4v) is 5.25. The summed E-state index contributed by atoms with van der Waals surface area (Å²) in [5.41, 5.74) is 0.717. The van der Waals surface area contributed by atoms with Gasteiger partial charge in [-0.25, -0.2) is 4.39 Å². The van der Waals surface area contributed by atoms with Crippen LogP contribution < -0.4 is 0 Å². The minimum absolute atomic E-state index is 0.0941. The van der Waals surface area contributed by atoms with E-state index in [9.17, 15) is 9.18 Å². The van der Waals surface area contributed by atoms with Crippen molar-refractivity contribution in [1.29, 1.82) is 5.26 Å². The van der Waals surface area contributed by atoms with Gasteiger partial charge < -0.3 is 0 Å². The van der Waals surface area contributed by atoms with Crippen molar-refractivity contribution in [1.82, 2.24) is 0 Å². The maximum atomic E-state index is 13.9. The first-order valence-electron chi connectivity index (χ1n) is 7.52. The first kappa shape index (κ1) is 14.6. The number of fused-ring (bicyclic) bond motifs is 2. The number of halogens is 1. The van der Waals surface area contributed by atoms with E-state index in [1.807, 2.05) is 17.8 Å². The monoisotopic (exact) mass is 303 g/mol. The predicted octanol–water partition coefficient (Wildman–Crippen LogP) is 3.87. The quantitative estimate of drug-likeness (QED) is 0.851. The van der Waals surface area contributed by atoms with Crippen LogP contribution in [0.4, 0.5) is 4.39 Å². The van der Waals surface area contributed by atoms with Crippen LogP contribution in [0, 0.1) is 23.1 Å². The van der Waals surface area contributed by atoms with Crippen molar-refractivity contribution in [3.8, 4) is 6.07 Å². The third kappa shape index (κ3) is 3.29. The van der Waals surface area contributed by atoms with E-state index in [0.29, 0.717) is 21.6 Å². The van der Waals surface area contributed by atoms with Crippen molar-refractivity contribution in [3.05, 3.63) is 35.1 Å². The molecule has 0 saturated carbocycles. The SMILES string of the molecule is N#Cc1ccc(CC(=O)C2CC3CCCC(C2)S3)c(F)c1. The molecule has 21 heavy (non-hydrogen) atoms. The number of nitrogens with zero attached hydrogens (tertiary/aromatic N) is 1. The summed E-state index contributed by atoms with van der Waals surface area (Å²) in [4.78, 5) is 12.5. The van der Waals surface area contributed by atoms with E-state index in [2.05, 4.69) is 0 Å². The molecule has 1 aromatic rings. The summed E-state index contributed by atoms with van der Waals surface area (Å²) in [6.45, 7) is 0. The highest BCUT2D eigenvalue weighted by Gasteiger charge is 2.35. The second kappa shape index (κ2) is 6.19. The lowest BCUT2D eigenvalue weighted by Crippen LogP contribution is -2.33. The molecule has 2 fully saturated rings. The number of Topliss-reactive ketones (excluding diaryl/α,β-unsaturated/α-hetero) is 1. The summed E-state index contributed by atoms with van der Waals surface area (Å²) in [6.07, 6.45) is 5.79. The minimum Gasteiger partial charge on any atom is -0.299 e. The van der Waals surface area contributed by atoms with Gasteiger partial charge in [-0.3, -0.25) is 4.79 Å². The standard InChI is InChI=1S/C17H18FNOS/c18-16-6-11(10-19)4-5-12(16)9-17(20)13-7-14-2-1-3-15(8-13)21-14/h4-6,13-15H,1-3,7-9H2. The molecule has 0 spiro atoms. The molecular weight excluding hydrogens is 285 g/mol. The smallest absolute Gasteiger partial charge is 0.140 e. The molecule has 2 aliphatic heterocycles. The molecule has 0 aromatic heterocycles. The van der Waals surface area contributed by atoms with Crippen molar-refractivity contribution in [2.24, 2.45) is 5.92 Å². The highest BCUT2D eigenvalue weighted by molar-refractivity contribution is 8.00. The number of carbonyl (C=O) groups excluding carboxylic acids is 1. The zero-order chi connectivity index (χ0) is 14.8. The van der Waals surface area contributed by atoms with Crippen LogP contribution in [0.5, 0.6) is 0 Å². The summed E-state index contributed by atoms with van der Waals surface area (Å²) in [6, 6.07) is 6.28. The zero-order valence-corrected chi connectivity index (χ0v) is 12.7. The highest BCUT2D eigenvalue weighted by Crippen LogP contribution is 2.44. The van der Waals surface area contributed by atoms with E-state index < -0.39 is 5.82 Å². The van der Waals surface area contributed by atoms with Gasteiger partial charge >= 0.3 is 0 Å². The first-order valence-corrected chi connectivity index (χ1v) is 8.46. The average molecular weight is 303 g/mol. The number of hydrogen-bond donors (Lipinski definition) is 0. The van der Waals surface area contributed by atoms with Crippen molar-refractivity contribution in [2.75, 3.05) is 0 Å². The second-order valence-corrected chi connectivity index (χ2v) is 7.65. The Morgan fingerprint density at radius 2 is 2.05 bits per heavy atom. The highest BCUT2D eigenvalue weighted by atomic mass is 32.2. The van der Waals surface area contributed by atoms with Crippen LogP contribution in [0.25, 0.3) is 0 Å². The fraction of sp³-hybridized carbons (Fsp3) is 0.529. The number of nitriles is 1. The lowest BCUT2D eigenvalue weighted by atomic mass is 9.84. The molecular formula is C17H18FNOS. The third-order valence-electron chi connectivity index (χ3n) is 4.53. The van der Waals surface area contributed by atoms with Crippen molar-refractivity contribution in [2.45, 2.75) is 49.0 Å². The molecule has 0 amide bonds. The topological polar surface area (TPSA) is 40.9 Å². The van der Waals surface area contributed by atoms with Crippen LogP contribution in [-0.2, 0) is 11.2 Å². The third-order valence-corrected chi connectivity index (χ3v) is 6.16. The lowest BCUT2D eigenvalue weighted by Gasteiger charge is -2.38. The summed E-state index contributed by atoms with van der Waals surface area (Å²) >= 11 is 2.05. The molecule has 110 valence electrons. The molecule has 2 unspecified atom stereocenters. The van der Waals surface area contributed by atoms with Crippen molar-refractivity contribution >= 4 is 17.5 Å². The largest absolute Gasteiger partial charge is 0.299 e. The Kier molecular flexibility index (Phi) is 4.30. The molecule has 2 saturated heterocycles. The van der Waals surface area contributed by atoms with E-state index in [1.165, 1.54) is 25.3 Å². The number of thioether (sulfide) groups is 1. The van der Waals surface area contributed by atoms with Gasteiger partial charge in [-0.1, -0.05) is 12.5 Å². The molecule has 2 atom stereocenters. The number of hydrogen-bond acceptors (Lipinski definition) is 3. The van der Waals surface area contributed by atoms with Crippen LogP contribution in [0.1, 0.15) is 43.2 Å². The molecule has 0 radical (unpaired) electrons. The minimum atomic E-state index is -0.437. The van der Waals surface area contributed by atoms with Crippen LogP contribution in [0.3, 0.4) is 0 Å². The Hall–Kier alpha value is -1.34. The fourth-order valence-electron chi connectivity index (χ4n) is 3.41. The van der Waals surface area contributed by atoms with Crippen molar-refractivity contribution < 1.29 is 9.18 Å². The molecule has 2 heterocycles. The molecule has 0 N–H and O–H groups in total. The Labute approximate surface area is 128 Å². The molecule has 3 rings (SSSR count). The molecule has 4 heteroatoms. The van der Waals surface area contributed by atoms with Gasteiger partial charge in [0.2, 0.25) is 0 Å². The van der Waals surface area contributed by atoms with Crippen LogP contribution in [0.15, 0.2) is 18.2 Å². The van der Waals surface area contributed by atoms with Gasteiger partial charge in [0.15, 0.2) is 0 Å². The van der Waals surface area contributed by atoms with Gasteiger partial charge in [0.25, 0.3) is 0 Å². The Balaban J connectivity index is 1.68. The van der Waals surface area contributed by atoms with Crippen LogP contribution in [0.2, 0.25) is 0 Å². The van der Waals surface area contributed by atoms with E-state index in [-0.39, 0.29) is 18.1 Å². The second-order valence-electron chi connectivity index (χ2n) is 6.04. The van der Waals surface area contributed by atoms with Crippen LogP contribution >= 0.6 is 11.8 Å². The van der Waals surface area contributed by atoms with E-state index in [4.69, 9.17) is 5.26 Å². The molecule has 2 nitrogen and oxygen atoms in total. The predicted molar refractivity (Wildman–Crippen MR) is 81.6 cm³/mol. The summed E-state index contributed by atoms with van der Waals surface area (Å²) in [5, 5.41) is 9.99. The van der Waals surface area contributed by atoms with Crippen LogP contribution in [-0.4, -0.2) is 16.3 Å². The summed E-state index contributed by atoms with van der Waals surface area (Å²) < 4.78 is 13.9. The molecule has 1 aromatic carbocycles. The normalized spacial score (nSPS) is 27.9. The van der Waals surface area contributed by atoms with Gasteiger partial charge in [-0.2, -0.15) is 17.0 Å². The molecule has 2 aliphatic rings. The van der Waals surface area contributed by atoms with E-state index >= 15 is 0 Å². The van der Waals surface area contributed by atoms with Gasteiger partial charge in [-0.15, -0.1) is 0 Å². The average Bonchev–Trinajstić information content (AvgIpc) is 2.48. The number of rotatable bonds is 3. The maximum Gasteiger partial charge on any atom is 0.140 e. The Morgan fingerprint density at radius 3 is 2.67 bits per heavy atom. The summed E-state index contributed by atoms with van der Waals surface area (Å²) in [5.74, 6) is -0.180. The zero-order valence-electron chi connectivity index (χ0n) is 11.8. The number of carbonyl (C=O) groups is 1. The summed E-state index contributed by atoms with van der Waals surface area (Å²) in [7, 11) is 0. The van der Waals surface area contributed by atoms with Gasteiger partial charge in [0.1, 0.15) is 11.6 Å². The Morgan fingerprint density at radius 1 is 1.33 bits per heavy atom. The number of ketones is 1. The Bertz CT molecular complexity index is 583. The van der Waals surface area contributed by atoms with Crippen molar-refractivity contribution in [3.63, 3.8) is 0 Å². The number of benzene rings is 1. The molecule has 0 aliphatic carbocycles. The maximum absolute atomic E-state index is 13.9. The van der Waals surface area contributed by atoms with Gasteiger partial charge in [-0.05, 0) is 43.4 Å². The molecule has 2 bridgehead atoms. The van der Waals surface area contributed by atoms with E-state index in [0.717, 1.165) is 12.8 Å². The van der Waals surface area contributed by atoms with E-state index in [1.54, 1.807) is 12.1 Å². The lowest BCUT2D eigenvalue weighted by molar-refractivity contribution is -0.122. The first-order chi connectivity index (χ1) is 10.2. The van der Waals surface area contributed by atoms with Gasteiger partial charge in [0.05, 0.1) is 11.6 Å².